The van der Waals surface area contributed by atoms with E-state index < -0.39 is 9.85 Å². The molecular formula is C21H26N4O4. The predicted molar refractivity (Wildman–Crippen MR) is 114 cm³/mol. The Kier molecular flexibility index (Phi) is 8.75. The van der Waals surface area contributed by atoms with Crippen LogP contribution in [0.3, 0.4) is 0 Å². The summed E-state index contributed by atoms with van der Waals surface area (Å²) in [5.41, 5.74) is 3.90. The highest BCUT2D eigenvalue weighted by atomic mass is 16.6. The summed E-state index contributed by atoms with van der Waals surface area (Å²) in [7, 11) is 0. The second kappa shape index (κ2) is 11.5. The van der Waals surface area contributed by atoms with Gasteiger partial charge in [-0.25, -0.2) is 0 Å². The summed E-state index contributed by atoms with van der Waals surface area (Å²) in [6.07, 6.45) is 7.66. The molecule has 0 aromatic heterocycles. The van der Waals surface area contributed by atoms with E-state index in [-0.39, 0.29) is 17.1 Å². The number of unbranched alkanes of at least 4 members (excludes halogenated alkanes) is 5. The van der Waals surface area contributed by atoms with E-state index >= 15 is 0 Å². The van der Waals surface area contributed by atoms with Crippen LogP contribution in [0, 0.1) is 20.2 Å². The third-order valence-corrected chi connectivity index (χ3v) is 4.57. The second-order valence-corrected chi connectivity index (χ2v) is 6.77. The summed E-state index contributed by atoms with van der Waals surface area (Å²) in [5, 5.41) is 26.6. The SMILES string of the molecule is CCCCCCCC/C(=N\Nc1ccc([N+](=O)[O-])cc1[N+](=O)[O-])c1ccccc1. The van der Waals surface area contributed by atoms with Crippen LogP contribution in [0.25, 0.3) is 0 Å². The van der Waals surface area contributed by atoms with Crippen molar-refractivity contribution >= 4 is 22.8 Å². The fraction of sp³-hybridized carbons (Fsp3) is 0.381. The van der Waals surface area contributed by atoms with Gasteiger partial charge in [-0.1, -0.05) is 69.4 Å². The molecule has 8 heteroatoms. The molecule has 2 aromatic rings. The van der Waals surface area contributed by atoms with Gasteiger partial charge in [-0.2, -0.15) is 5.10 Å². The topological polar surface area (TPSA) is 111 Å². The third kappa shape index (κ3) is 6.99. The molecule has 0 aliphatic rings. The lowest BCUT2D eigenvalue weighted by atomic mass is 10.0. The minimum Gasteiger partial charge on any atom is -0.271 e. The Morgan fingerprint density at radius 1 is 0.931 bits per heavy atom. The second-order valence-electron chi connectivity index (χ2n) is 6.77. The van der Waals surface area contributed by atoms with Gasteiger partial charge in [-0.15, -0.1) is 0 Å². The van der Waals surface area contributed by atoms with Gasteiger partial charge in [-0.3, -0.25) is 25.7 Å². The van der Waals surface area contributed by atoms with E-state index in [9.17, 15) is 20.2 Å². The zero-order chi connectivity index (χ0) is 21.1. The maximum absolute atomic E-state index is 11.3. The Hall–Kier alpha value is -3.29. The Morgan fingerprint density at radius 2 is 1.62 bits per heavy atom. The lowest BCUT2D eigenvalue weighted by molar-refractivity contribution is -0.393. The Balaban J connectivity index is 2.16. The van der Waals surface area contributed by atoms with E-state index in [2.05, 4.69) is 17.5 Å². The van der Waals surface area contributed by atoms with E-state index in [0.717, 1.165) is 36.6 Å². The first kappa shape index (κ1) is 22.0. The number of hydrazone groups is 1. The van der Waals surface area contributed by atoms with Gasteiger partial charge < -0.3 is 0 Å². The van der Waals surface area contributed by atoms with Crippen molar-refractivity contribution < 1.29 is 9.85 Å². The first-order valence-electron chi connectivity index (χ1n) is 9.83. The molecule has 0 bridgehead atoms. The summed E-state index contributed by atoms with van der Waals surface area (Å²) < 4.78 is 0. The maximum Gasteiger partial charge on any atom is 0.301 e. The lowest BCUT2D eigenvalue weighted by Gasteiger charge is -2.09. The molecular weight excluding hydrogens is 372 g/mol. The molecule has 0 aliphatic carbocycles. The molecule has 29 heavy (non-hydrogen) atoms. The van der Waals surface area contributed by atoms with E-state index in [4.69, 9.17) is 0 Å². The molecule has 2 aromatic carbocycles. The van der Waals surface area contributed by atoms with Crippen molar-refractivity contribution in [2.45, 2.75) is 51.9 Å². The minimum absolute atomic E-state index is 0.122. The van der Waals surface area contributed by atoms with E-state index in [1.54, 1.807) is 0 Å². The molecule has 0 radical (unpaired) electrons. The predicted octanol–water partition coefficient (Wildman–Crippen LogP) is 6.07. The quantitative estimate of drug-likeness (QED) is 0.202. The van der Waals surface area contributed by atoms with Crippen LogP contribution >= 0.6 is 0 Å². The van der Waals surface area contributed by atoms with Gasteiger partial charge in [0.1, 0.15) is 5.69 Å². The van der Waals surface area contributed by atoms with E-state index in [0.29, 0.717) is 0 Å². The first-order chi connectivity index (χ1) is 14.0. The van der Waals surface area contributed by atoms with Crippen molar-refractivity contribution in [3.05, 3.63) is 74.3 Å². The summed E-state index contributed by atoms with van der Waals surface area (Å²) in [5.74, 6) is 0. The molecule has 0 spiro atoms. The summed E-state index contributed by atoms with van der Waals surface area (Å²) in [6, 6.07) is 13.1. The molecule has 0 heterocycles. The number of nitrogens with zero attached hydrogens (tertiary/aromatic N) is 3. The Bertz CT molecular complexity index is 853. The van der Waals surface area contributed by atoms with Gasteiger partial charge in [0, 0.05) is 6.07 Å². The van der Waals surface area contributed by atoms with Gasteiger partial charge in [0.15, 0.2) is 0 Å². The number of hydrogen-bond donors (Lipinski definition) is 1. The van der Waals surface area contributed by atoms with Crippen LogP contribution in [-0.2, 0) is 0 Å². The molecule has 0 aliphatic heterocycles. The number of non-ortho nitro benzene ring substituents is 1. The number of nitro benzene ring substituents is 2. The standard InChI is InChI=1S/C21H26N4O4/c1-2-3-4-5-6-10-13-19(17-11-8-7-9-12-17)22-23-20-15-14-18(24(26)27)16-21(20)25(28)29/h7-9,11-12,14-16,23H,2-6,10,13H2,1H3/b22-19+. The highest BCUT2D eigenvalue weighted by molar-refractivity contribution is 6.01. The minimum atomic E-state index is -0.659. The number of anilines is 1. The fourth-order valence-corrected chi connectivity index (χ4v) is 2.98. The molecule has 0 unspecified atom stereocenters. The Morgan fingerprint density at radius 3 is 2.28 bits per heavy atom. The van der Waals surface area contributed by atoms with Gasteiger partial charge in [0.25, 0.3) is 5.69 Å². The van der Waals surface area contributed by atoms with Crippen LogP contribution in [0.15, 0.2) is 53.6 Å². The molecule has 154 valence electrons. The highest BCUT2D eigenvalue weighted by Crippen LogP contribution is 2.29. The van der Waals surface area contributed by atoms with E-state index in [1.165, 1.54) is 37.8 Å². The molecule has 0 atom stereocenters. The molecule has 8 nitrogen and oxygen atoms in total. The number of rotatable bonds is 12. The number of nitro groups is 2. The summed E-state index contributed by atoms with van der Waals surface area (Å²) in [4.78, 5) is 20.9. The summed E-state index contributed by atoms with van der Waals surface area (Å²) in [6.45, 7) is 2.18. The van der Waals surface area contributed by atoms with Crippen molar-refractivity contribution in [1.82, 2.24) is 0 Å². The average Bonchev–Trinajstić information content (AvgIpc) is 2.73. The van der Waals surface area contributed by atoms with Crippen LogP contribution in [0.2, 0.25) is 0 Å². The molecule has 1 N–H and O–H groups in total. The van der Waals surface area contributed by atoms with Crippen molar-refractivity contribution in [3.63, 3.8) is 0 Å². The van der Waals surface area contributed by atoms with Crippen molar-refractivity contribution in [2.75, 3.05) is 5.43 Å². The molecule has 2 rings (SSSR count). The molecule has 0 saturated carbocycles. The Labute approximate surface area is 169 Å². The monoisotopic (exact) mass is 398 g/mol. The van der Waals surface area contributed by atoms with Crippen LogP contribution in [0.5, 0.6) is 0 Å². The zero-order valence-corrected chi connectivity index (χ0v) is 16.5. The molecule has 0 amide bonds. The van der Waals surface area contributed by atoms with Crippen molar-refractivity contribution in [2.24, 2.45) is 5.10 Å². The average molecular weight is 398 g/mol. The molecule has 0 saturated heterocycles. The number of nitrogens with one attached hydrogen (secondary N) is 1. The van der Waals surface area contributed by atoms with Crippen molar-refractivity contribution in [1.29, 1.82) is 0 Å². The zero-order valence-electron chi connectivity index (χ0n) is 16.5. The normalized spacial score (nSPS) is 11.3. The van der Waals surface area contributed by atoms with E-state index in [1.807, 2.05) is 30.3 Å². The van der Waals surface area contributed by atoms with Crippen LogP contribution in [-0.4, -0.2) is 15.6 Å². The number of hydrogen-bond acceptors (Lipinski definition) is 6. The maximum atomic E-state index is 11.3. The largest absolute Gasteiger partial charge is 0.301 e. The fourth-order valence-electron chi connectivity index (χ4n) is 2.98. The van der Waals surface area contributed by atoms with Gasteiger partial charge in [-0.05, 0) is 24.5 Å². The van der Waals surface area contributed by atoms with Gasteiger partial charge in [0.05, 0.1) is 21.6 Å². The van der Waals surface area contributed by atoms with Crippen LogP contribution < -0.4 is 5.43 Å². The molecule has 0 fully saturated rings. The number of benzene rings is 2. The third-order valence-electron chi connectivity index (χ3n) is 4.57. The highest BCUT2D eigenvalue weighted by Gasteiger charge is 2.19. The first-order valence-corrected chi connectivity index (χ1v) is 9.83. The van der Waals surface area contributed by atoms with Crippen LogP contribution in [0.1, 0.15) is 57.4 Å². The smallest absolute Gasteiger partial charge is 0.271 e. The van der Waals surface area contributed by atoms with Gasteiger partial charge in [0.2, 0.25) is 0 Å². The van der Waals surface area contributed by atoms with Crippen molar-refractivity contribution in [3.8, 4) is 0 Å². The lowest BCUT2D eigenvalue weighted by Crippen LogP contribution is -2.06. The summed E-state index contributed by atoms with van der Waals surface area (Å²) >= 11 is 0. The van der Waals surface area contributed by atoms with Gasteiger partial charge >= 0.3 is 5.69 Å². The van der Waals surface area contributed by atoms with Crippen LogP contribution in [0.4, 0.5) is 17.1 Å².